The van der Waals surface area contributed by atoms with Gasteiger partial charge in [0.25, 0.3) is 0 Å². The first kappa shape index (κ1) is 41.8. The highest BCUT2D eigenvalue weighted by molar-refractivity contribution is 14.1. The number of nitrogens with zero attached hydrogens (tertiary/aromatic N) is 4. The van der Waals surface area contributed by atoms with E-state index in [0.29, 0.717) is 71.5 Å². The zero-order valence-electron chi connectivity index (χ0n) is 27.9. The lowest BCUT2D eigenvalue weighted by molar-refractivity contribution is -0.140. The summed E-state index contributed by atoms with van der Waals surface area (Å²) in [7, 11) is 0. The Kier molecular flexibility index (Phi) is 19.7. The fourth-order valence-electron chi connectivity index (χ4n) is 5.40. The van der Waals surface area contributed by atoms with Gasteiger partial charge in [-0.2, -0.15) is 0 Å². The molecule has 1 aliphatic rings. The van der Waals surface area contributed by atoms with E-state index in [4.69, 9.17) is 5.73 Å². The monoisotopic (exact) mass is 803 g/mol. The number of aliphatic carboxylic acids is 3. The van der Waals surface area contributed by atoms with E-state index < -0.39 is 29.9 Å². The van der Waals surface area contributed by atoms with E-state index in [0.717, 1.165) is 15.6 Å². The van der Waals surface area contributed by atoms with Crippen LogP contribution in [0.15, 0.2) is 24.3 Å². The summed E-state index contributed by atoms with van der Waals surface area (Å²) in [6.07, 6.45) is 3.08. The van der Waals surface area contributed by atoms with E-state index in [1.165, 1.54) is 0 Å². The van der Waals surface area contributed by atoms with Crippen LogP contribution >= 0.6 is 22.6 Å². The van der Waals surface area contributed by atoms with E-state index in [1.54, 1.807) is 14.7 Å². The van der Waals surface area contributed by atoms with Crippen LogP contribution in [0.1, 0.15) is 37.7 Å². The Labute approximate surface area is 300 Å². The standard InChI is InChI=1S/C32H50IN7O9/c33-25-9-7-24(8-10-25)4-3-6-27(41)36-26(32(34)49)5-1-2-11-35-28(42)20-37-12-14-38(21-29(43)44)16-18-40(23-31(47)48)19-17-39(15-13-37)22-30(45)46/h7-10,26H,1-6,11-23H2,(H2,34,49)(H,35,42)(H,36,41)(H,43,44)(H,45,46)(H,47,48)/t26-/m0/s1. The lowest BCUT2D eigenvalue weighted by Crippen LogP contribution is -2.49. The van der Waals surface area contributed by atoms with Crippen LogP contribution in [0.5, 0.6) is 0 Å². The number of nitrogens with one attached hydrogen (secondary N) is 2. The smallest absolute Gasteiger partial charge is 0.317 e. The molecule has 0 aromatic heterocycles. The number of hydrogen-bond acceptors (Lipinski definition) is 10. The third kappa shape index (κ3) is 19.4. The largest absolute Gasteiger partial charge is 0.480 e. The fraction of sp³-hybridized carbons (Fsp3) is 0.625. The molecule has 1 fully saturated rings. The zero-order chi connectivity index (χ0) is 36.2. The minimum Gasteiger partial charge on any atom is -0.480 e. The van der Waals surface area contributed by atoms with Gasteiger partial charge in [0.2, 0.25) is 17.7 Å². The second-order valence-corrected chi connectivity index (χ2v) is 13.4. The number of unbranched alkanes of at least 4 members (excludes halogenated alkanes) is 1. The summed E-state index contributed by atoms with van der Waals surface area (Å²) in [5.41, 5.74) is 6.66. The Bertz CT molecular complexity index is 1210. The number of halogens is 1. The summed E-state index contributed by atoms with van der Waals surface area (Å²) < 4.78 is 1.14. The number of nitrogens with two attached hydrogens (primary N) is 1. The summed E-state index contributed by atoms with van der Waals surface area (Å²) in [5, 5.41) is 33.6. The van der Waals surface area contributed by atoms with Gasteiger partial charge in [0, 0.05) is 68.9 Å². The van der Waals surface area contributed by atoms with Crippen molar-refractivity contribution in [2.75, 3.05) is 85.1 Å². The number of carboxylic acids is 3. The molecule has 0 bridgehead atoms. The summed E-state index contributed by atoms with van der Waals surface area (Å²) in [5.74, 6) is -4.20. The van der Waals surface area contributed by atoms with E-state index in [-0.39, 0.29) is 57.5 Å². The van der Waals surface area contributed by atoms with Crippen molar-refractivity contribution in [3.05, 3.63) is 33.4 Å². The van der Waals surface area contributed by atoms with Crippen LogP contribution < -0.4 is 16.4 Å². The molecule has 49 heavy (non-hydrogen) atoms. The lowest BCUT2D eigenvalue weighted by Gasteiger charge is -2.32. The van der Waals surface area contributed by atoms with Crippen LogP contribution in [0.4, 0.5) is 0 Å². The molecule has 0 spiro atoms. The van der Waals surface area contributed by atoms with Gasteiger partial charge in [-0.25, -0.2) is 0 Å². The van der Waals surface area contributed by atoms with Gasteiger partial charge in [0.05, 0.1) is 26.2 Å². The van der Waals surface area contributed by atoms with Gasteiger partial charge < -0.3 is 31.7 Å². The molecule has 1 atom stereocenters. The SMILES string of the molecule is NC(=O)[C@H](CCCCNC(=O)CN1CCN(CC(=O)O)CCN(CC(=O)O)CCN(CC(=O)O)CC1)NC(=O)CCCc1ccc(I)cc1. The maximum absolute atomic E-state index is 12.9. The second kappa shape index (κ2) is 23.1. The van der Waals surface area contributed by atoms with Crippen molar-refractivity contribution in [2.45, 2.75) is 44.6 Å². The number of primary amides is 1. The minimum atomic E-state index is -1.03. The molecule has 274 valence electrons. The molecule has 0 aliphatic carbocycles. The highest BCUT2D eigenvalue weighted by Gasteiger charge is 2.21. The number of rotatable bonds is 19. The Hall–Kier alpha value is -3.39. The third-order valence-electron chi connectivity index (χ3n) is 8.08. The van der Waals surface area contributed by atoms with Crippen LogP contribution in [-0.4, -0.2) is 162 Å². The Morgan fingerprint density at radius 2 is 1.12 bits per heavy atom. The van der Waals surface area contributed by atoms with E-state index in [1.807, 2.05) is 29.2 Å². The molecule has 1 aromatic rings. The number of aryl methyl sites for hydroxylation is 1. The molecule has 0 saturated carbocycles. The Morgan fingerprint density at radius 1 is 0.673 bits per heavy atom. The van der Waals surface area contributed by atoms with Crippen LogP contribution in [0, 0.1) is 3.57 Å². The number of carbonyl (C=O) groups excluding carboxylic acids is 3. The van der Waals surface area contributed by atoms with Crippen molar-refractivity contribution in [3.8, 4) is 0 Å². The van der Waals surface area contributed by atoms with Crippen LogP contribution in [0.2, 0.25) is 0 Å². The molecule has 17 heteroatoms. The summed E-state index contributed by atoms with van der Waals surface area (Å²) in [4.78, 5) is 78.4. The van der Waals surface area contributed by atoms with Gasteiger partial charge in [-0.3, -0.25) is 48.4 Å². The molecule has 1 aromatic carbocycles. The first-order chi connectivity index (χ1) is 23.3. The molecule has 0 unspecified atom stereocenters. The average Bonchev–Trinajstić information content (AvgIpc) is 3.01. The maximum atomic E-state index is 12.9. The van der Waals surface area contributed by atoms with Crippen LogP contribution in [0.25, 0.3) is 0 Å². The molecular weight excluding hydrogens is 753 g/mol. The van der Waals surface area contributed by atoms with E-state index in [2.05, 4.69) is 33.2 Å². The molecule has 7 N–H and O–H groups in total. The van der Waals surface area contributed by atoms with Crippen molar-refractivity contribution in [1.29, 1.82) is 0 Å². The molecule has 1 heterocycles. The first-order valence-corrected chi connectivity index (χ1v) is 17.5. The number of carboxylic acid groups (broad SMARTS) is 3. The zero-order valence-corrected chi connectivity index (χ0v) is 30.0. The summed E-state index contributed by atoms with van der Waals surface area (Å²) in [6.45, 7) is 2.06. The number of carbonyl (C=O) groups is 6. The summed E-state index contributed by atoms with van der Waals surface area (Å²) in [6, 6.07) is 7.27. The molecule has 0 radical (unpaired) electrons. The molecule has 1 saturated heterocycles. The highest BCUT2D eigenvalue weighted by Crippen LogP contribution is 2.10. The average molecular weight is 804 g/mol. The maximum Gasteiger partial charge on any atom is 0.317 e. The van der Waals surface area contributed by atoms with Crippen molar-refractivity contribution in [1.82, 2.24) is 30.2 Å². The number of amides is 3. The van der Waals surface area contributed by atoms with Crippen molar-refractivity contribution in [3.63, 3.8) is 0 Å². The van der Waals surface area contributed by atoms with Crippen LogP contribution in [0.3, 0.4) is 0 Å². The number of hydrogen-bond donors (Lipinski definition) is 6. The molecule has 3 amide bonds. The van der Waals surface area contributed by atoms with Gasteiger partial charge >= 0.3 is 17.9 Å². The van der Waals surface area contributed by atoms with Crippen molar-refractivity contribution in [2.24, 2.45) is 5.73 Å². The minimum absolute atomic E-state index is 0.00907. The Morgan fingerprint density at radius 3 is 1.55 bits per heavy atom. The van der Waals surface area contributed by atoms with Gasteiger partial charge in [0.15, 0.2) is 0 Å². The second-order valence-electron chi connectivity index (χ2n) is 12.1. The number of benzene rings is 1. The van der Waals surface area contributed by atoms with Crippen LogP contribution in [-0.2, 0) is 35.2 Å². The van der Waals surface area contributed by atoms with E-state index in [9.17, 15) is 44.1 Å². The lowest BCUT2D eigenvalue weighted by atomic mass is 10.1. The normalized spacial score (nSPS) is 16.5. The predicted octanol–water partition coefficient (Wildman–Crippen LogP) is -0.654. The van der Waals surface area contributed by atoms with Gasteiger partial charge in [0.1, 0.15) is 6.04 Å². The molecular formula is C32H50IN7O9. The Balaban J connectivity index is 1.84. The first-order valence-electron chi connectivity index (χ1n) is 16.4. The van der Waals surface area contributed by atoms with Gasteiger partial charge in [-0.15, -0.1) is 0 Å². The van der Waals surface area contributed by atoms with Crippen molar-refractivity contribution >= 4 is 58.2 Å². The van der Waals surface area contributed by atoms with Gasteiger partial charge in [-0.05, 0) is 72.4 Å². The molecule has 1 aliphatic heterocycles. The highest BCUT2D eigenvalue weighted by atomic mass is 127. The van der Waals surface area contributed by atoms with Gasteiger partial charge in [-0.1, -0.05) is 12.1 Å². The molecule has 16 nitrogen and oxygen atoms in total. The third-order valence-corrected chi connectivity index (χ3v) is 8.80. The summed E-state index contributed by atoms with van der Waals surface area (Å²) >= 11 is 2.23. The fourth-order valence-corrected chi connectivity index (χ4v) is 5.76. The predicted molar refractivity (Wildman–Crippen MR) is 189 cm³/mol. The quantitative estimate of drug-likeness (QED) is 0.0757. The van der Waals surface area contributed by atoms with Crippen molar-refractivity contribution < 1.29 is 44.1 Å². The van der Waals surface area contributed by atoms with E-state index >= 15 is 0 Å². The molecule has 2 rings (SSSR count). The topological polar surface area (TPSA) is 226 Å².